The van der Waals surface area contributed by atoms with Crippen LogP contribution in [0.1, 0.15) is 72.3 Å². The van der Waals surface area contributed by atoms with Crippen LogP contribution >= 0.6 is 0 Å². The molecule has 0 aliphatic carbocycles. The smallest absolute Gasteiger partial charge is 0.410 e. The molecule has 6 heteroatoms. The van der Waals surface area contributed by atoms with E-state index in [2.05, 4.69) is 19.9 Å². The van der Waals surface area contributed by atoms with Gasteiger partial charge in [-0.05, 0) is 82.4 Å². The fourth-order valence-electron chi connectivity index (χ4n) is 4.91. The second kappa shape index (κ2) is 11.2. The summed E-state index contributed by atoms with van der Waals surface area (Å²) in [7, 11) is 0. The van der Waals surface area contributed by atoms with Gasteiger partial charge in [-0.15, -0.1) is 0 Å². The third-order valence-electron chi connectivity index (χ3n) is 6.40. The first-order valence-corrected chi connectivity index (χ1v) is 12.6. The van der Waals surface area contributed by atoms with E-state index < -0.39 is 17.7 Å². The number of carbonyl (C=O) groups is 3. The number of allylic oxidation sites excluding steroid dienone is 1. The molecule has 1 aromatic rings. The van der Waals surface area contributed by atoms with Gasteiger partial charge in [-0.25, -0.2) is 4.79 Å². The van der Waals surface area contributed by atoms with Gasteiger partial charge in [-0.1, -0.05) is 38.1 Å². The first kappa shape index (κ1) is 26.0. The molecule has 0 saturated carbocycles. The predicted molar refractivity (Wildman–Crippen MR) is 135 cm³/mol. The molecule has 3 rings (SSSR count). The highest BCUT2D eigenvalue weighted by Crippen LogP contribution is 2.29. The number of benzene rings is 1. The SMILES string of the molecule is CC(C)C[C@@H](/C=C/C(=O)N1CCc2ccccc21)CC(=O)[C@@H]1CCCCN1C(=O)OC(C)(C)C. The van der Waals surface area contributed by atoms with Crippen LogP contribution in [0.5, 0.6) is 0 Å². The molecule has 2 amide bonds. The van der Waals surface area contributed by atoms with E-state index in [1.165, 1.54) is 5.56 Å². The number of para-hydroxylation sites is 1. The fraction of sp³-hybridized carbons (Fsp3) is 0.607. The lowest BCUT2D eigenvalue weighted by Crippen LogP contribution is -2.50. The van der Waals surface area contributed by atoms with Gasteiger partial charge >= 0.3 is 6.09 Å². The second-order valence-corrected chi connectivity index (χ2v) is 11.0. The molecule has 2 aliphatic heterocycles. The molecule has 2 aliphatic rings. The van der Waals surface area contributed by atoms with E-state index in [4.69, 9.17) is 4.74 Å². The Kier molecular flexibility index (Phi) is 8.56. The molecule has 0 N–H and O–H groups in total. The third-order valence-corrected chi connectivity index (χ3v) is 6.40. The maximum Gasteiger partial charge on any atom is 0.410 e. The lowest BCUT2D eigenvalue weighted by atomic mass is 9.87. The van der Waals surface area contributed by atoms with Crippen LogP contribution in [0.2, 0.25) is 0 Å². The van der Waals surface area contributed by atoms with Gasteiger partial charge in [0.1, 0.15) is 5.60 Å². The van der Waals surface area contributed by atoms with E-state index >= 15 is 0 Å². The first-order valence-electron chi connectivity index (χ1n) is 12.6. The van der Waals surface area contributed by atoms with E-state index in [-0.39, 0.29) is 17.6 Å². The van der Waals surface area contributed by atoms with E-state index in [1.54, 1.807) is 11.0 Å². The van der Waals surface area contributed by atoms with Crippen molar-refractivity contribution in [2.45, 2.75) is 84.8 Å². The summed E-state index contributed by atoms with van der Waals surface area (Å²) in [5.41, 5.74) is 1.57. The van der Waals surface area contributed by atoms with Crippen molar-refractivity contribution < 1.29 is 19.1 Å². The number of piperidine rings is 1. The quantitative estimate of drug-likeness (QED) is 0.493. The summed E-state index contributed by atoms with van der Waals surface area (Å²) in [6, 6.07) is 7.55. The van der Waals surface area contributed by atoms with Gasteiger partial charge in [0.15, 0.2) is 5.78 Å². The maximum atomic E-state index is 13.4. The van der Waals surface area contributed by atoms with Crippen molar-refractivity contribution in [3.05, 3.63) is 42.0 Å². The molecule has 1 fully saturated rings. The zero-order chi connectivity index (χ0) is 24.9. The summed E-state index contributed by atoms with van der Waals surface area (Å²) in [4.78, 5) is 42.5. The van der Waals surface area contributed by atoms with Gasteiger partial charge in [0.05, 0.1) is 6.04 Å². The molecular weight excluding hydrogens is 428 g/mol. The highest BCUT2D eigenvalue weighted by Gasteiger charge is 2.35. The molecule has 186 valence electrons. The van der Waals surface area contributed by atoms with E-state index in [0.717, 1.165) is 31.4 Å². The van der Waals surface area contributed by atoms with Crippen LogP contribution in [-0.2, 0) is 20.7 Å². The number of hydrogen-bond acceptors (Lipinski definition) is 4. The monoisotopic (exact) mass is 468 g/mol. The predicted octanol–water partition coefficient (Wildman–Crippen LogP) is 5.54. The number of anilines is 1. The molecule has 0 spiro atoms. The fourth-order valence-corrected chi connectivity index (χ4v) is 4.91. The minimum atomic E-state index is -0.598. The van der Waals surface area contributed by atoms with Crippen LogP contribution in [-0.4, -0.2) is 47.4 Å². The maximum absolute atomic E-state index is 13.4. The van der Waals surface area contributed by atoms with E-state index in [9.17, 15) is 14.4 Å². The Morgan fingerprint density at radius 1 is 1.12 bits per heavy atom. The van der Waals surface area contributed by atoms with Gasteiger partial charge < -0.3 is 9.64 Å². The summed E-state index contributed by atoms with van der Waals surface area (Å²) < 4.78 is 5.56. The normalized spacial score (nSPS) is 19.4. The number of Topliss-reactive ketones (excluding diaryl/α,β-unsaturated/α-hetero) is 1. The largest absolute Gasteiger partial charge is 0.444 e. The molecule has 0 radical (unpaired) electrons. The molecular formula is C28H40N2O4. The standard InChI is InChI=1S/C28H40N2O4/c1-20(2)18-21(13-14-26(32)29-17-15-22-10-6-7-11-23(22)29)19-25(31)24-12-8-9-16-30(24)27(33)34-28(3,4)5/h6-7,10-11,13-14,20-21,24H,8-9,12,15-19H2,1-5H3/b14-13+/t21-,24+/m1/s1. The van der Waals surface area contributed by atoms with Crippen molar-refractivity contribution in [2.75, 3.05) is 18.0 Å². The highest BCUT2D eigenvalue weighted by molar-refractivity contribution is 6.03. The Hall–Kier alpha value is -2.63. The van der Waals surface area contributed by atoms with Crippen molar-refractivity contribution in [3.63, 3.8) is 0 Å². The second-order valence-electron chi connectivity index (χ2n) is 11.0. The molecule has 2 atom stereocenters. The van der Waals surface area contributed by atoms with Crippen molar-refractivity contribution in [2.24, 2.45) is 11.8 Å². The van der Waals surface area contributed by atoms with Crippen LogP contribution in [0.3, 0.4) is 0 Å². The van der Waals surface area contributed by atoms with Crippen LogP contribution in [0, 0.1) is 11.8 Å². The average Bonchev–Trinajstić information content (AvgIpc) is 3.20. The van der Waals surface area contributed by atoms with Crippen LogP contribution in [0.25, 0.3) is 0 Å². The van der Waals surface area contributed by atoms with Gasteiger partial charge in [0.2, 0.25) is 0 Å². The van der Waals surface area contributed by atoms with Crippen molar-refractivity contribution >= 4 is 23.5 Å². The molecule has 0 aromatic heterocycles. The highest BCUT2D eigenvalue weighted by atomic mass is 16.6. The summed E-state index contributed by atoms with van der Waals surface area (Å²) in [5.74, 6) is 0.356. The number of fused-ring (bicyclic) bond motifs is 1. The number of ether oxygens (including phenoxy) is 1. The number of ketones is 1. The third kappa shape index (κ3) is 6.94. The molecule has 2 heterocycles. The number of amides is 2. The summed E-state index contributed by atoms with van der Waals surface area (Å²) in [6.07, 6.45) is 7.59. The summed E-state index contributed by atoms with van der Waals surface area (Å²) in [6.45, 7) is 11.0. The van der Waals surface area contributed by atoms with Crippen LogP contribution in [0.15, 0.2) is 36.4 Å². The van der Waals surface area contributed by atoms with Crippen molar-refractivity contribution in [1.82, 2.24) is 4.90 Å². The Balaban J connectivity index is 1.68. The molecule has 6 nitrogen and oxygen atoms in total. The molecule has 0 bridgehead atoms. The summed E-state index contributed by atoms with van der Waals surface area (Å²) in [5, 5.41) is 0. The minimum Gasteiger partial charge on any atom is -0.444 e. The Morgan fingerprint density at radius 3 is 2.56 bits per heavy atom. The molecule has 34 heavy (non-hydrogen) atoms. The number of rotatable bonds is 7. The zero-order valence-electron chi connectivity index (χ0n) is 21.4. The zero-order valence-corrected chi connectivity index (χ0v) is 21.4. The molecule has 1 aromatic carbocycles. The molecule has 0 unspecified atom stereocenters. The Morgan fingerprint density at radius 2 is 1.85 bits per heavy atom. The topological polar surface area (TPSA) is 66.9 Å². The van der Waals surface area contributed by atoms with Gasteiger partial charge in [-0.2, -0.15) is 0 Å². The van der Waals surface area contributed by atoms with E-state index in [1.807, 2.05) is 49.9 Å². The van der Waals surface area contributed by atoms with Gasteiger partial charge in [0.25, 0.3) is 5.91 Å². The Labute approximate surface area is 204 Å². The number of nitrogens with zero attached hydrogens (tertiary/aromatic N) is 2. The van der Waals surface area contributed by atoms with Crippen molar-refractivity contribution in [1.29, 1.82) is 0 Å². The van der Waals surface area contributed by atoms with E-state index in [0.29, 0.717) is 31.8 Å². The first-order chi connectivity index (χ1) is 16.0. The van der Waals surface area contributed by atoms with Crippen molar-refractivity contribution in [3.8, 4) is 0 Å². The minimum absolute atomic E-state index is 0.0424. The molecule has 1 saturated heterocycles. The van der Waals surface area contributed by atoms with Crippen LogP contribution in [0.4, 0.5) is 10.5 Å². The lowest BCUT2D eigenvalue weighted by molar-refractivity contribution is -0.126. The number of hydrogen-bond donors (Lipinski definition) is 0. The summed E-state index contributed by atoms with van der Waals surface area (Å²) >= 11 is 0. The number of carbonyl (C=O) groups excluding carboxylic acids is 3. The van der Waals surface area contributed by atoms with Gasteiger partial charge in [0, 0.05) is 25.2 Å². The van der Waals surface area contributed by atoms with Gasteiger partial charge in [-0.3, -0.25) is 14.5 Å². The average molecular weight is 469 g/mol. The van der Waals surface area contributed by atoms with Crippen LogP contribution < -0.4 is 4.90 Å². The Bertz CT molecular complexity index is 915. The lowest BCUT2D eigenvalue weighted by Gasteiger charge is -2.36. The number of likely N-dealkylation sites (tertiary alicyclic amines) is 1.